The van der Waals surface area contributed by atoms with Crippen LogP contribution in [0.3, 0.4) is 0 Å². The van der Waals surface area contributed by atoms with Gasteiger partial charge in [0.25, 0.3) is 5.91 Å². The van der Waals surface area contributed by atoms with Gasteiger partial charge >= 0.3 is 0 Å². The van der Waals surface area contributed by atoms with E-state index in [1.165, 1.54) is 35.2 Å². The summed E-state index contributed by atoms with van der Waals surface area (Å²) in [5.74, 6) is 0.383. The van der Waals surface area contributed by atoms with E-state index in [0.29, 0.717) is 43.2 Å². The molecule has 0 atom stereocenters. The molecule has 2 aromatic carbocycles. The van der Waals surface area contributed by atoms with Gasteiger partial charge in [-0.15, -0.1) is 21.5 Å². The molecule has 0 unspecified atom stereocenters. The Labute approximate surface area is 216 Å². The number of furan rings is 1. The van der Waals surface area contributed by atoms with Crippen LogP contribution in [0.25, 0.3) is 17.3 Å². The number of nitrogens with one attached hydrogen (secondary N) is 1. The number of thioether (sulfide) groups is 1. The molecule has 0 bridgehead atoms. The largest absolute Gasteiger partial charge is 0.461 e. The average molecular weight is 546 g/mol. The smallest absolute Gasteiger partial charge is 0.275 e. The molecule has 1 N–H and O–H groups in total. The zero-order chi connectivity index (χ0) is 24.4. The minimum absolute atomic E-state index is 0.0957. The summed E-state index contributed by atoms with van der Waals surface area (Å²) >= 11 is 15.4. The number of carbonyl (C=O) groups excluding carboxylic acids is 1. The fourth-order valence-electron chi connectivity index (χ4n) is 3.16. The Hall–Kier alpha value is -3.18. The molecule has 0 spiro atoms. The van der Waals surface area contributed by atoms with Crippen LogP contribution in [0.15, 0.2) is 75.8 Å². The fraction of sp³-hybridized carbons (Fsp3) is 0.0435. The van der Waals surface area contributed by atoms with E-state index in [2.05, 4.69) is 20.5 Å². The van der Waals surface area contributed by atoms with Crippen LogP contribution in [0.1, 0.15) is 15.5 Å². The van der Waals surface area contributed by atoms with E-state index in [1.807, 2.05) is 0 Å². The van der Waals surface area contributed by atoms with E-state index < -0.39 is 11.7 Å². The highest BCUT2D eigenvalue weighted by atomic mass is 35.5. The van der Waals surface area contributed by atoms with Gasteiger partial charge in [0.15, 0.2) is 10.9 Å². The molecule has 0 fully saturated rings. The molecule has 3 aromatic heterocycles. The van der Waals surface area contributed by atoms with Crippen LogP contribution < -0.4 is 5.32 Å². The molecule has 7 nitrogen and oxygen atoms in total. The van der Waals surface area contributed by atoms with Crippen LogP contribution >= 0.6 is 46.3 Å². The number of aromatic nitrogens is 4. The first-order valence-electron chi connectivity index (χ1n) is 10.1. The monoisotopic (exact) mass is 545 g/mol. The summed E-state index contributed by atoms with van der Waals surface area (Å²) in [6.07, 6.45) is 1.55. The summed E-state index contributed by atoms with van der Waals surface area (Å²) in [6.45, 7) is 0. The molecule has 3 heterocycles. The van der Waals surface area contributed by atoms with E-state index in [9.17, 15) is 9.18 Å². The van der Waals surface area contributed by atoms with Crippen molar-refractivity contribution in [2.45, 2.75) is 10.9 Å². The van der Waals surface area contributed by atoms with Crippen molar-refractivity contribution in [2.24, 2.45) is 0 Å². The first-order valence-corrected chi connectivity index (χ1v) is 12.7. The molecule has 0 aliphatic carbocycles. The van der Waals surface area contributed by atoms with Gasteiger partial charge in [-0.05, 0) is 42.5 Å². The molecule has 12 heteroatoms. The molecule has 176 valence electrons. The van der Waals surface area contributed by atoms with Gasteiger partial charge in [0.05, 0.1) is 28.4 Å². The van der Waals surface area contributed by atoms with E-state index >= 15 is 0 Å². The van der Waals surface area contributed by atoms with Gasteiger partial charge in [-0.3, -0.25) is 9.36 Å². The maximum absolute atomic E-state index is 13.8. The third-order valence-corrected chi connectivity index (χ3v) is 7.28. The number of hydrogen-bond donors (Lipinski definition) is 1. The van der Waals surface area contributed by atoms with Gasteiger partial charge in [0.2, 0.25) is 5.82 Å². The van der Waals surface area contributed by atoms with Gasteiger partial charge in [0, 0.05) is 10.4 Å². The number of anilines is 1. The summed E-state index contributed by atoms with van der Waals surface area (Å²) in [5.41, 5.74) is 0.894. The maximum atomic E-state index is 13.8. The number of thiazole rings is 1. The van der Waals surface area contributed by atoms with Crippen molar-refractivity contribution in [2.75, 3.05) is 5.32 Å². The topological polar surface area (TPSA) is 85.8 Å². The van der Waals surface area contributed by atoms with Crippen molar-refractivity contribution in [3.05, 3.63) is 92.8 Å². The van der Waals surface area contributed by atoms with E-state index in [0.717, 1.165) is 0 Å². The third-order valence-electron chi connectivity index (χ3n) is 4.76. The van der Waals surface area contributed by atoms with Gasteiger partial charge in [-0.2, -0.15) is 0 Å². The van der Waals surface area contributed by atoms with Gasteiger partial charge in [0.1, 0.15) is 16.5 Å². The highest BCUT2D eigenvalue weighted by Crippen LogP contribution is 2.34. The minimum atomic E-state index is -0.516. The third kappa shape index (κ3) is 5.10. The molecule has 0 aliphatic rings. The molecular formula is C23H14Cl2FN5O2S2. The van der Waals surface area contributed by atoms with Crippen molar-refractivity contribution in [3.8, 4) is 17.3 Å². The highest BCUT2D eigenvalue weighted by Gasteiger charge is 2.21. The summed E-state index contributed by atoms with van der Waals surface area (Å²) < 4.78 is 21.1. The lowest BCUT2D eigenvalue weighted by molar-refractivity contribution is 0.102. The Morgan fingerprint density at radius 1 is 1.14 bits per heavy atom. The fourth-order valence-corrected chi connectivity index (χ4v) is 5.27. The Morgan fingerprint density at radius 3 is 2.80 bits per heavy atom. The standard InChI is InChI=1S/C23H14Cl2FN5O2S2/c24-13-7-8-14(25)18(10-13)31-21(19-6-3-9-33-19)29-30-23(31)35-12-20-27-17(11-34-20)22(32)28-16-5-2-1-4-15(16)26/h1-11H,12H2,(H,28,32). The second kappa shape index (κ2) is 10.2. The molecule has 0 radical (unpaired) electrons. The number of halogens is 3. The lowest BCUT2D eigenvalue weighted by Crippen LogP contribution is -2.13. The molecule has 0 aliphatic heterocycles. The number of nitrogens with zero attached hydrogens (tertiary/aromatic N) is 4. The van der Waals surface area contributed by atoms with Crippen molar-refractivity contribution in [1.82, 2.24) is 19.7 Å². The number of amides is 1. The Bertz CT molecular complexity index is 1500. The molecule has 5 rings (SSSR count). The maximum Gasteiger partial charge on any atom is 0.275 e. The number of benzene rings is 2. The van der Waals surface area contributed by atoms with Crippen molar-refractivity contribution in [3.63, 3.8) is 0 Å². The first-order chi connectivity index (χ1) is 17.0. The molecule has 35 heavy (non-hydrogen) atoms. The van der Waals surface area contributed by atoms with E-state index in [4.69, 9.17) is 27.6 Å². The van der Waals surface area contributed by atoms with Crippen LogP contribution in [-0.4, -0.2) is 25.7 Å². The molecular weight excluding hydrogens is 532 g/mol. The molecule has 0 saturated carbocycles. The van der Waals surface area contributed by atoms with Crippen LogP contribution in [0.2, 0.25) is 10.0 Å². The van der Waals surface area contributed by atoms with E-state index in [1.54, 1.807) is 58.7 Å². The van der Waals surface area contributed by atoms with E-state index in [-0.39, 0.29) is 11.4 Å². The number of rotatable bonds is 7. The number of para-hydroxylation sites is 1. The highest BCUT2D eigenvalue weighted by molar-refractivity contribution is 7.98. The quantitative estimate of drug-likeness (QED) is 0.222. The van der Waals surface area contributed by atoms with Crippen LogP contribution in [-0.2, 0) is 5.75 Å². The summed E-state index contributed by atoms with van der Waals surface area (Å²) in [4.78, 5) is 16.9. The summed E-state index contributed by atoms with van der Waals surface area (Å²) in [6, 6.07) is 14.6. The predicted octanol–water partition coefficient (Wildman–Crippen LogP) is 6.97. The second-order valence-electron chi connectivity index (χ2n) is 7.06. The Balaban J connectivity index is 1.38. The zero-order valence-corrected chi connectivity index (χ0v) is 20.8. The van der Waals surface area contributed by atoms with Crippen LogP contribution in [0.5, 0.6) is 0 Å². The Morgan fingerprint density at radius 2 is 2.00 bits per heavy atom. The molecule has 1 amide bonds. The van der Waals surface area contributed by atoms with Crippen molar-refractivity contribution in [1.29, 1.82) is 0 Å². The SMILES string of the molecule is O=C(Nc1ccccc1F)c1csc(CSc2nnc(-c3ccco3)n2-c2cc(Cl)ccc2Cl)n1. The molecule has 5 aromatic rings. The zero-order valence-electron chi connectivity index (χ0n) is 17.6. The van der Waals surface area contributed by atoms with Gasteiger partial charge < -0.3 is 9.73 Å². The number of hydrogen-bond acceptors (Lipinski definition) is 7. The van der Waals surface area contributed by atoms with Crippen LogP contribution in [0.4, 0.5) is 10.1 Å². The Kier molecular flexibility index (Phi) is 6.87. The summed E-state index contributed by atoms with van der Waals surface area (Å²) in [7, 11) is 0. The van der Waals surface area contributed by atoms with Crippen molar-refractivity contribution >= 4 is 57.9 Å². The van der Waals surface area contributed by atoms with Crippen LogP contribution in [0, 0.1) is 5.82 Å². The normalized spacial score (nSPS) is 11.1. The number of carbonyl (C=O) groups is 1. The van der Waals surface area contributed by atoms with Gasteiger partial charge in [-0.25, -0.2) is 9.37 Å². The second-order valence-corrected chi connectivity index (χ2v) is 9.79. The summed E-state index contributed by atoms with van der Waals surface area (Å²) in [5, 5.41) is 14.9. The molecule has 0 saturated heterocycles. The average Bonchev–Trinajstić information content (AvgIpc) is 3.61. The minimum Gasteiger partial charge on any atom is -0.461 e. The predicted molar refractivity (Wildman–Crippen MR) is 135 cm³/mol. The lowest BCUT2D eigenvalue weighted by Gasteiger charge is -2.11. The van der Waals surface area contributed by atoms with Crippen molar-refractivity contribution < 1.29 is 13.6 Å². The van der Waals surface area contributed by atoms with Gasteiger partial charge in [-0.1, -0.05) is 47.1 Å². The first kappa shape index (κ1) is 23.6. The lowest BCUT2D eigenvalue weighted by atomic mass is 10.3.